The maximum Gasteiger partial charge on any atom is 0.328 e. The molecule has 0 spiro atoms. The molecule has 2 rings (SSSR count). The summed E-state index contributed by atoms with van der Waals surface area (Å²) in [5.41, 5.74) is 0.612. The van der Waals surface area contributed by atoms with E-state index >= 15 is 0 Å². The highest BCUT2D eigenvalue weighted by molar-refractivity contribution is 5.86. The molecule has 2 aromatic rings. The molecule has 0 aliphatic carbocycles. The van der Waals surface area contributed by atoms with Crippen LogP contribution in [0.3, 0.4) is 0 Å². The van der Waals surface area contributed by atoms with Crippen molar-refractivity contribution < 1.29 is 28.8 Å². The molecule has 0 aliphatic heterocycles. The smallest absolute Gasteiger partial charge is 0.328 e. The van der Waals surface area contributed by atoms with Crippen LogP contribution in [0.15, 0.2) is 48.5 Å². The Bertz CT molecular complexity index is 754. The van der Waals surface area contributed by atoms with Crippen LogP contribution in [-0.2, 0) is 4.79 Å². The largest absolute Gasteiger partial charge is 0.493 e. The second-order valence-electron chi connectivity index (χ2n) is 5.13. The fourth-order valence-electron chi connectivity index (χ4n) is 2.28. The summed E-state index contributed by atoms with van der Waals surface area (Å²) in [6.07, 6.45) is 2.52. The molecule has 138 valence electrons. The molecule has 2 aromatic carbocycles. The lowest BCUT2D eigenvalue weighted by Crippen LogP contribution is -2.11. The molecule has 0 aliphatic rings. The van der Waals surface area contributed by atoms with Crippen LogP contribution in [0.4, 0.5) is 0 Å². The predicted molar refractivity (Wildman–Crippen MR) is 98.3 cm³/mol. The van der Waals surface area contributed by atoms with Gasteiger partial charge in [0, 0.05) is 11.6 Å². The van der Waals surface area contributed by atoms with E-state index in [2.05, 4.69) is 0 Å². The minimum atomic E-state index is -1.03. The SMILES string of the molecule is CCOc1ccccc1OCCOc1c(C=CC(=O)O)cccc1OC. The van der Waals surface area contributed by atoms with Crippen LogP contribution < -0.4 is 18.9 Å². The van der Waals surface area contributed by atoms with Crippen molar-refractivity contribution in [3.8, 4) is 23.0 Å². The van der Waals surface area contributed by atoms with Gasteiger partial charge in [0.05, 0.1) is 13.7 Å². The summed E-state index contributed by atoms with van der Waals surface area (Å²) in [5.74, 6) is 1.28. The van der Waals surface area contributed by atoms with Gasteiger partial charge in [-0.2, -0.15) is 0 Å². The van der Waals surface area contributed by atoms with Crippen molar-refractivity contribution in [2.75, 3.05) is 26.9 Å². The molecular weight excluding hydrogens is 336 g/mol. The first-order valence-electron chi connectivity index (χ1n) is 8.21. The number of hydrogen-bond acceptors (Lipinski definition) is 5. The zero-order chi connectivity index (χ0) is 18.8. The Morgan fingerprint density at radius 2 is 1.62 bits per heavy atom. The van der Waals surface area contributed by atoms with Gasteiger partial charge in [0.25, 0.3) is 0 Å². The Balaban J connectivity index is 2.02. The van der Waals surface area contributed by atoms with Crippen molar-refractivity contribution in [1.82, 2.24) is 0 Å². The summed E-state index contributed by atoms with van der Waals surface area (Å²) < 4.78 is 22.3. The second-order valence-corrected chi connectivity index (χ2v) is 5.13. The van der Waals surface area contributed by atoms with Crippen molar-refractivity contribution in [3.05, 3.63) is 54.1 Å². The maximum atomic E-state index is 10.8. The fraction of sp³-hybridized carbons (Fsp3) is 0.250. The molecule has 26 heavy (non-hydrogen) atoms. The van der Waals surface area contributed by atoms with E-state index < -0.39 is 5.97 Å². The van der Waals surface area contributed by atoms with E-state index in [1.54, 1.807) is 18.2 Å². The molecule has 0 saturated carbocycles. The molecule has 6 nitrogen and oxygen atoms in total. The molecular formula is C20H22O6. The maximum absolute atomic E-state index is 10.8. The number of aliphatic carboxylic acids is 1. The number of para-hydroxylation sites is 3. The van der Waals surface area contributed by atoms with Gasteiger partial charge in [0.2, 0.25) is 0 Å². The predicted octanol–water partition coefficient (Wildman–Crippen LogP) is 3.65. The molecule has 0 heterocycles. The number of carboxylic acid groups (broad SMARTS) is 1. The number of carbonyl (C=O) groups is 1. The van der Waals surface area contributed by atoms with E-state index in [0.29, 0.717) is 41.8 Å². The average Bonchev–Trinajstić information content (AvgIpc) is 2.65. The van der Waals surface area contributed by atoms with Gasteiger partial charge < -0.3 is 24.1 Å². The monoisotopic (exact) mass is 358 g/mol. The summed E-state index contributed by atoms with van der Waals surface area (Å²) in [6.45, 7) is 3.02. The van der Waals surface area contributed by atoms with Crippen LogP contribution in [0, 0.1) is 0 Å². The Morgan fingerprint density at radius 3 is 2.27 bits per heavy atom. The Kier molecular flexibility index (Phi) is 7.36. The van der Waals surface area contributed by atoms with E-state index in [1.165, 1.54) is 13.2 Å². The third-order valence-electron chi connectivity index (χ3n) is 3.37. The Labute approximate surface area is 152 Å². The molecule has 1 N–H and O–H groups in total. The lowest BCUT2D eigenvalue weighted by atomic mass is 10.1. The van der Waals surface area contributed by atoms with Gasteiger partial charge in [-0.25, -0.2) is 4.79 Å². The van der Waals surface area contributed by atoms with Crippen LogP contribution in [0.5, 0.6) is 23.0 Å². The van der Waals surface area contributed by atoms with Crippen molar-refractivity contribution in [2.45, 2.75) is 6.92 Å². The Hall–Kier alpha value is -3.15. The topological polar surface area (TPSA) is 74.2 Å². The van der Waals surface area contributed by atoms with Gasteiger partial charge in [-0.05, 0) is 31.2 Å². The van der Waals surface area contributed by atoms with Gasteiger partial charge in [-0.1, -0.05) is 24.3 Å². The highest BCUT2D eigenvalue weighted by Gasteiger charge is 2.10. The third-order valence-corrected chi connectivity index (χ3v) is 3.37. The van der Waals surface area contributed by atoms with Gasteiger partial charge in [-0.15, -0.1) is 0 Å². The number of carboxylic acids is 1. The molecule has 0 radical (unpaired) electrons. The van der Waals surface area contributed by atoms with Gasteiger partial charge in [0.15, 0.2) is 23.0 Å². The highest BCUT2D eigenvalue weighted by atomic mass is 16.5. The van der Waals surface area contributed by atoms with E-state index in [4.69, 9.17) is 24.1 Å². The number of rotatable bonds is 10. The summed E-state index contributed by atoms with van der Waals surface area (Å²) in [6, 6.07) is 12.7. The molecule has 0 saturated heterocycles. The highest BCUT2D eigenvalue weighted by Crippen LogP contribution is 2.32. The third kappa shape index (κ3) is 5.44. The summed E-state index contributed by atoms with van der Waals surface area (Å²) in [5, 5.41) is 8.81. The van der Waals surface area contributed by atoms with E-state index in [1.807, 2.05) is 31.2 Å². The molecule has 0 aromatic heterocycles. The zero-order valence-corrected chi connectivity index (χ0v) is 14.8. The number of ether oxygens (including phenoxy) is 4. The summed E-state index contributed by atoms with van der Waals surface area (Å²) in [7, 11) is 1.53. The Morgan fingerprint density at radius 1 is 0.962 bits per heavy atom. The van der Waals surface area contributed by atoms with Gasteiger partial charge in [0.1, 0.15) is 13.2 Å². The van der Waals surface area contributed by atoms with Crippen LogP contribution in [0.2, 0.25) is 0 Å². The van der Waals surface area contributed by atoms with Gasteiger partial charge in [-0.3, -0.25) is 0 Å². The van der Waals surface area contributed by atoms with Crippen LogP contribution in [0.25, 0.3) is 6.08 Å². The molecule has 0 amide bonds. The lowest BCUT2D eigenvalue weighted by Gasteiger charge is -2.15. The lowest BCUT2D eigenvalue weighted by molar-refractivity contribution is -0.131. The van der Waals surface area contributed by atoms with Gasteiger partial charge >= 0.3 is 5.97 Å². The van der Waals surface area contributed by atoms with Crippen molar-refractivity contribution >= 4 is 12.0 Å². The molecule has 0 unspecified atom stereocenters. The first-order chi connectivity index (χ1) is 12.7. The van der Waals surface area contributed by atoms with E-state index in [9.17, 15) is 4.79 Å². The fourth-order valence-corrected chi connectivity index (χ4v) is 2.28. The van der Waals surface area contributed by atoms with Crippen molar-refractivity contribution in [2.24, 2.45) is 0 Å². The first kappa shape index (κ1) is 19.2. The number of methoxy groups -OCH3 is 1. The normalized spacial score (nSPS) is 10.5. The van der Waals surface area contributed by atoms with E-state index in [-0.39, 0.29) is 6.61 Å². The molecule has 6 heteroatoms. The molecule has 0 bridgehead atoms. The first-order valence-corrected chi connectivity index (χ1v) is 8.21. The summed E-state index contributed by atoms with van der Waals surface area (Å²) >= 11 is 0. The second kappa shape index (κ2) is 9.98. The zero-order valence-electron chi connectivity index (χ0n) is 14.8. The molecule has 0 fully saturated rings. The standard InChI is InChI=1S/C20H22O6/c1-3-24-16-8-4-5-9-17(16)25-13-14-26-20-15(11-12-19(21)22)7-6-10-18(20)23-2/h4-12H,3,13-14H2,1-2H3,(H,21,22). The minimum Gasteiger partial charge on any atom is -0.493 e. The van der Waals surface area contributed by atoms with E-state index in [0.717, 1.165) is 6.08 Å². The molecule has 0 atom stereocenters. The van der Waals surface area contributed by atoms with Crippen molar-refractivity contribution in [1.29, 1.82) is 0 Å². The average molecular weight is 358 g/mol. The van der Waals surface area contributed by atoms with Crippen LogP contribution in [0.1, 0.15) is 12.5 Å². The van der Waals surface area contributed by atoms with Crippen LogP contribution in [-0.4, -0.2) is 38.0 Å². The number of hydrogen-bond donors (Lipinski definition) is 1. The minimum absolute atomic E-state index is 0.259. The van der Waals surface area contributed by atoms with Crippen LogP contribution >= 0.6 is 0 Å². The van der Waals surface area contributed by atoms with Crippen molar-refractivity contribution in [3.63, 3.8) is 0 Å². The quantitative estimate of drug-likeness (QED) is 0.516. The number of benzene rings is 2. The summed E-state index contributed by atoms with van der Waals surface area (Å²) in [4.78, 5) is 10.8.